The van der Waals surface area contributed by atoms with E-state index >= 15 is 0 Å². The minimum Gasteiger partial charge on any atom is -0.472 e. The molecule has 0 saturated carbocycles. The van der Waals surface area contributed by atoms with Crippen molar-refractivity contribution in [1.29, 1.82) is 0 Å². The van der Waals surface area contributed by atoms with Crippen molar-refractivity contribution in [2.75, 3.05) is 0 Å². The molecule has 0 spiro atoms. The van der Waals surface area contributed by atoms with Gasteiger partial charge in [0.2, 0.25) is 5.91 Å². The molecule has 1 aromatic heterocycles. The second-order valence-electron chi connectivity index (χ2n) is 5.42. The van der Waals surface area contributed by atoms with Gasteiger partial charge in [0.1, 0.15) is 0 Å². The summed E-state index contributed by atoms with van der Waals surface area (Å²) in [5, 5.41) is 3.10. The van der Waals surface area contributed by atoms with Gasteiger partial charge in [-0.25, -0.2) is 0 Å². The van der Waals surface area contributed by atoms with Crippen molar-refractivity contribution in [3.8, 4) is 0 Å². The molecule has 1 N–H and O–H groups in total. The third kappa shape index (κ3) is 2.16. The van der Waals surface area contributed by atoms with Crippen LogP contribution in [0.25, 0.3) is 0 Å². The number of hydrogen-bond donors (Lipinski definition) is 1. The maximum Gasteiger partial charge on any atom is 0.221 e. The van der Waals surface area contributed by atoms with Gasteiger partial charge < -0.3 is 9.73 Å². The van der Waals surface area contributed by atoms with Crippen LogP contribution < -0.4 is 5.32 Å². The highest BCUT2D eigenvalue weighted by atomic mass is 16.3. The maximum atomic E-state index is 11.8. The summed E-state index contributed by atoms with van der Waals surface area (Å²) in [5.74, 6) is 0.115. The van der Waals surface area contributed by atoms with E-state index in [1.165, 1.54) is 5.56 Å². The fourth-order valence-electron chi connectivity index (χ4n) is 2.88. The first-order chi connectivity index (χ1) is 9.18. The van der Waals surface area contributed by atoms with Crippen LogP contribution in [0.2, 0.25) is 0 Å². The van der Waals surface area contributed by atoms with Crippen LogP contribution >= 0.6 is 0 Å². The van der Waals surface area contributed by atoms with Crippen LogP contribution in [0.15, 0.2) is 53.3 Å². The number of amides is 1. The predicted molar refractivity (Wildman–Crippen MR) is 72.8 cm³/mol. The van der Waals surface area contributed by atoms with E-state index in [9.17, 15) is 4.79 Å². The van der Waals surface area contributed by atoms with E-state index in [0.29, 0.717) is 6.42 Å². The van der Waals surface area contributed by atoms with E-state index in [-0.39, 0.29) is 17.4 Å². The van der Waals surface area contributed by atoms with Gasteiger partial charge in [0, 0.05) is 17.9 Å². The molecule has 0 bridgehead atoms. The molecule has 1 amide bonds. The molecule has 1 fully saturated rings. The molecular weight excluding hydrogens is 238 g/mol. The average Bonchev–Trinajstić information content (AvgIpc) is 3.01. The zero-order chi connectivity index (χ0) is 13.3. The highest BCUT2D eigenvalue weighted by Gasteiger charge is 2.44. The summed E-state index contributed by atoms with van der Waals surface area (Å²) in [6, 6.07) is 12.3. The van der Waals surface area contributed by atoms with Crippen LogP contribution in [0.4, 0.5) is 0 Å². The molecule has 1 saturated heterocycles. The summed E-state index contributed by atoms with van der Waals surface area (Å²) in [5.41, 5.74) is 2.14. The Bertz CT molecular complexity index is 562. The van der Waals surface area contributed by atoms with Gasteiger partial charge in [-0.3, -0.25) is 4.79 Å². The molecule has 1 aliphatic rings. The van der Waals surface area contributed by atoms with Crippen LogP contribution in [-0.2, 0) is 16.6 Å². The summed E-state index contributed by atoms with van der Waals surface area (Å²) < 4.78 is 5.19. The summed E-state index contributed by atoms with van der Waals surface area (Å²) in [6.45, 7) is 2.13. The van der Waals surface area contributed by atoms with Crippen LogP contribution in [-0.4, -0.2) is 11.9 Å². The molecule has 3 rings (SSSR count). The van der Waals surface area contributed by atoms with Gasteiger partial charge in [-0.1, -0.05) is 37.3 Å². The molecule has 1 aliphatic heterocycles. The first-order valence-electron chi connectivity index (χ1n) is 6.54. The zero-order valence-corrected chi connectivity index (χ0v) is 10.9. The van der Waals surface area contributed by atoms with Crippen molar-refractivity contribution in [3.63, 3.8) is 0 Å². The highest BCUT2D eigenvalue weighted by molar-refractivity contribution is 5.81. The first kappa shape index (κ1) is 12.0. The summed E-state index contributed by atoms with van der Waals surface area (Å²) in [4.78, 5) is 11.8. The van der Waals surface area contributed by atoms with Gasteiger partial charge in [-0.2, -0.15) is 0 Å². The Labute approximate surface area is 112 Å². The van der Waals surface area contributed by atoms with Gasteiger partial charge in [0.05, 0.1) is 12.5 Å². The quantitative estimate of drug-likeness (QED) is 0.916. The van der Waals surface area contributed by atoms with E-state index in [0.717, 1.165) is 12.0 Å². The number of hydrogen-bond acceptors (Lipinski definition) is 2. The van der Waals surface area contributed by atoms with E-state index < -0.39 is 0 Å². The standard InChI is InChI=1S/C16H17NO2/c1-16(13-7-8-19-11-13)10-15(18)17-14(16)9-12-5-3-2-4-6-12/h2-8,11,14H,9-10H2,1H3,(H,17,18). The fraction of sp³-hybridized carbons (Fsp3) is 0.312. The first-order valence-corrected chi connectivity index (χ1v) is 6.54. The average molecular weight is 255 g/mol. The second-order valence-corrected chi connectivity index (χ2v) is 5.42. The minimum absolute atomic E-state index is 0.111. The summed E-state index contributed by atoms with van der Waals surface area (Å²) >= 11 is 0. The van der Waals surface area contributed by atoms with Gasteiger partial charge in [0.15, 0.2) is 0 Å². The number of benzene rings is 1. The third-order valence-corrected chi connectivity index (χ3v) is 4.10. The largest absolute Gasteiger partial charge is 0.472 e. The summed E-state index contributed by atoms with van der Waals surface area (Å²) in [6.07, 6.45) is 4.78. The van der Waals surface area contributed by atoms with Crippen LogP contribution in [0, 0.1) is 0 Å². The van der Waals surface area contributed by atoms with Gasteiger partial charge in [-0.05, 0) is 23.6 Å². The van der Waals surface area contributed by atoms with Crippen LogP contribution in [0.3, 0.4) is 0 Å². The Morgan fingerprint density at radius 1 is 1.32 bits per heavy atom. The Balaban J connectivity index is 1.89. The molecule has 1 aromatic carbocycles. The van der Waals surface area contributed by atoms with Crippen molar-refractivity contribution < 1.29 is 9.21 Å². The highest BCUT2D eigenvalue weighted by Crippen LogP contribution is 2.37. The van der Waals surface area contributed by atoms with E-state index in [1.54, 1.807) is 12.5 Å². The normalized spacial score (nSPS) is 26.4. The lowest BCUT2D eigenvalue weighted by Crippen LogP contribution is -2.39. The predicted octanol–water partition coefficient (Wildman–Crippen LogP) is 2.67. The third-order valence-electron chi connectivity index (χ3n) is 4.10. The lowest BCUT2D eigenvalue weighted by molar-refractivity contribution is -0.119. The van der Waals surface area contributed by atoms with Crippen molar-refractivity contribution in [3.05, 3.63) is 60.1 Å². The lowest BCUT2D eigenvalue weighted by atomic mass is 9.75. The SMILES string of the molecule is CC1(c2ccoc2)CC(=O)NC1Cc1ccccc1. The zero-order valence-electron chi connectivity index (χ0n) is 10.9. The molecule has 0 radical (unpaired) electrons. The molecule has 2 unspecified atom stereocenters. The van der Waals surface area contributed by atoms with Gasteiger partial charge in [0.25, 0.3) is 0 Å². The molecule has 98 valence electrons. The van der Waals surface area contributed by atoms with E-state index in [2.05, 4.69) is 24.4 Å². The van der Waals surface area contributed by atoms with Crippen LogP contribution in [0.5, 0.6) is 0 Å². The monoisotopic (exact) mass is 255 g/mol. The topological polar surface area (TPSA) is 42.2 Å². The number of nitrogens with one attached hydrogen (secondary N) is 1. The smallest absolute Gasteiger partial charge is 0.221 e. The van der Waals surface area contributed by atoms with Gasteiger partial charge in [-0.15, -0.1) is 0 Å². The number of carbonyl (C=O) groups excluding carboxylic acids is 1. The second kappa shape index (κ2) is 4.57. The molecule has 2 aromatic rings. The number of rotatable bonds is 3. The minimum atomic E-state index is -0.195. The maximum absolute atomic E-state index is 11.8. The molecule has 2 atom stereocenters. The Hall–Kier alpha value is -2.03. The summed E-state index contributed by atoms with van der Waals surface area (Å²) in [7, 11) is 0. The molecule has 2 heterocycles. The number of furan rings is 1. The molecular formula is C16H17NO2. The van der Waals surface area contributed by atoms with Crippen molar-refractivity contribution in [2.24, 2.45) is 0 Å². The van der Waals surface area contributed by atoms with E-state index in [4.69, 9.17) is 4.42 Å². The molecule has 0 aliphatic carbocycles. The molecule has 3 heteroatoms. The van der Waals surface area contributed by atoms with Crippen LogP contribution in [0.1, 0.15) is 24.5 Å². The lowest BCUT2D eigenvalue weighted by Gasteiger charge is -2.29. The Kier molecular flexibility index (Phi) is 2.90. The fourth-order valence-corrected chi connectivity index (χ4v) is 2.88. The molecule has 19 heavy (non-hydrogen) atoms. The number of carbonyl (C=O) groups is 1. The Morgan fingerprint density at radius 3 is 2.79 bits per heavy atom. The Morgan fingerprint density at radius 2 is 2.11 bits per heavy atom. The molecule has 3 nitrogen and oxygen atoms in total. The van der Waals surface area contributed by atoms with Gasteiger partial charge >= 0.3 is 0 Å². The van der Waals surface area contributed by atoms with E-state index in [1.807, 2.05) is 24.3 Å². The van der Waals surface area contributed by atoms with Crippen molar-refractivity contribution >= 4 is 5.91 Å². The van der Waals surface area contributed by atoms with Crippen molar-refractivity contribution in [2.45, 2.75) is 31.2 Å². The van der Waals surface area contributed by atoms with Crippen molar-refractivity contribution in [1.82, 2.24) is 5.32 Å².